The molecule has 0 aliphatic rings. The van der Waals surface area contributed by atoms with Crippen LogP contribution in [0.15, 0.2) is 51.7 Å². The predicted octanol–water partition coefficient (Wildman–Crippen LogP) is 3.51. The number of hydrogen-bond acceptors (Lipinski definition) is 4. The highest BCUT2D eigenvalue weighted by atomic mass is 79.9. The number of rotatable bonds is 5. The van der Waals surface area contributed by atoms with Gasteiger partial charge in [-0.15, -0.1) is 0 Å². The van der Waals surface area contributed by atoms with Crippen LogP contribution in [0.4, 0.5) is 0 Å². The maximum absolute atomic E-state index is 12.7. The molecule has 1 N–H and O–H groups in total. The molecule has 0 fully saturated rings. The number of hydrogen-bond donors (Lipinski definition) is 1. The highest BCUT2D eigenvalue weighted by Crippen LogP contribution is 2.16. The van der Waals surface area contributed by atoms with Crippen LogP contribution in [0.25, 0.3) is 10.9 Å². The molecule has 6 nitrogen and oxygen atoms in total. The van der Waals surface area contributed by atoms with E-state index in [-0.39, 0.29) is 11.5 Å². The minimum Gasteiger partial charge on any atom is -0.492 e. The van der Waals surface area contributed by atoms with E-state index in [0.717, 1.165) is 10.2 Å². The topological polar surface area (TPSA) is 67.3 Å². The molecule has 0 spiro atoms. The number of benzene rings is 2. The fraction of sp³-hybridized carbons (Fsp3) is 0.211. The van der Waals surface area contributed by atoms with Crippen LogP contribution in [0, 0.1) is 4.77 Å². The van der Waals surface area contributed by atoms with E-state index in [0.29, 0.717) is 34.4 Å². The third-order valence-corrected chi connectivity index (χ3v) is 5.11. The van der Waals surface area contributed by atoms with E-state index in [9.17, 15) is 9.59 Å². The van der Waals surface area contributed by atoms with E-state index in [2.05, 4.69) is 20.9 Å². The van der Waals surface area contributed by atoms with Gasteiger partial charge in [0.1, 0.15) is 12.4 Å². The van der Waals surface area contributed by atoms with Crippen molar-refractivity contribution >= 4 is 45.0 Å². The largest absolute Gasteiger partial charge is 0.492 e. The molecule has 27 heavy (non-hydrogen) atoms. The Morgan fingerprint density at radius 3 is 2.67 bits per heavy atom. The normalized spacial score (nSPS) is 10.8. The van der Waals surface area contributed by atoms with Crippen molar-refractivity contribution in [3.63, 3.8) is 0 Å². The number of nitrogens with zero attached hydrogens (tertiary/aromatic N) is 2. The van der Waals surface area contributed by atoms with Gasteiger partial charge in [-0.25, -0.2) is 0 Å². The Hall–Kier alpha value is -2.45. The lowest BCUT2D eigenvalue weighted by Gasteiger charge is -2.18. The molecular weight excluding hydrogens is 430 g/mol. The molecular formula is C19H18BrN3O3S. The number of halogens is 1. The molecule has 8 heteroatoms. The summed E-state index contributed by atoms with van der Waals surface area (Å²) in [4.78, 5) is 29.4. The van der Waals surface area contributed by atoms with Crippen LogP contribution in [0.3, 0.4) is 0 Å². The first kappa shape index (κ1) is 19.3. The molecule has 1 heterocycles. The van der Waals surface area contributed by atoms with Gasteiger partial charge in [0.15, 0.2) is 4.77 Å². The number of carbonyl (C=O) groups is 1. The molecule has 0 saturated heterocycles. The average molecular weight is 448 g/mol. The summed E-state index contributed by atoms with van der Waals surface area (Å²) in [7, 11) is 3.32. The van der Waals surface area contributed by atoms with Gasteiger partial charge in [-0.05, 0) is 54.7 Å². The quantitative estimate of drug-likeness (QED) is 0.607. The molecule has 140 valence electrons. The number of ether oxygens (including phenoxy) is 1. The molecule has 3 aromatic rings. The van der Waals surface area contributed by atoms with Crippen molar-refractivity contribution < 1.29 is 9.53 Å². The lowest BCUT2D eigenvalue weighted by atomic mass is 10.1. The Labute approximate surface area is 169 Å². The maximum Gasteiger partial charge on any atom is 0.261 e. The molecule has 3 rings (SSSR count). The second kappa shape index (κ2) is 8.06. The fourth-order valence-corrected chi connectivity index (χ4v) is 3.05. The molecule has 0 bridgehead atoms. The molecule has 1 aromatic heterocycles. The predicted molar refractivity (Wildman–Crippen MR) is 111 cm³/mol. The highest BCUT2D eigenvalue weighted by Gasteiger charge is 2.13. The zero-order chi connectivity index (χ0) is 19.6. The molecule has 0 unspecified atom stereocenters. The summed E-state index contributed by atoms with van der Waals surface area (Å²) in [6, 6.07) is 12.5. The zero-order valence-corrected chi connectivity index (χ0v) is 17.3. The van der Waals surface area contributed by atoms with E-state index in [1.807, 2.05) is 24.3 Å². The number of amides is 1. The highest BCUT2D eigenvalue weighted by molar-refractivity contribution is 9.10. The van der Waals surface area contributed by atoms with Crippen LogP contribution in [-0.2, 0) is 7.05 Å². The van der Waals surface area contributed by atoms with Gasteiger partial charge < -0.3 is 14.6 Å². The lowest BCUT2D eigenvalue weighted by Crippen LogP contribution is -2.31. The van der Waals surface area contributed by atoms with Crippen LogP contribution >= 0.6 is 28.1 Å². The van der Waals surface area contributed by atoms with E-state index < -0.39 is 0 Å². The SMILES string of the molecule is CN(CCOc1ccc(Br)cc1)C(=O)c1ccc2c(=O)n(C)c(=S)[nH]c2c1. The van der Waals surface area contributed by atoms with Gasteiger partial charge in [0.25, 0.3) is 11.5 Å². The minimum atomic E-state index is -0.191. The van der Waals surface area contributed by atoms with Crippen molar-refractivity contribution in [3.05, 3.63) is 67.6 Å². The molecule has 1 amide bonds. The summed E-state index contributed by atoms with van der Waals surface area (Å²) in [6.45, 7) is 0.805. The second-order valence-electron chi connectivity index (χ2n) is 6.08. The van der Waals surface area contributed by atoms with Gasteiger partial charge in [-0.2, -0.15) is 0 Å². The third kappa shape index (κ3) is 4.28. The van der Waals surface area contributed by atoms with Gasteiger partial charge >= 0.3 is 0 Å². The van der Waals surface area contributed by atoms with E-state index in [1.54, 1.807) is 37.2 Å². The number of carbonyl (C=O) groups excluding carboxylic acids is 1. The Kier molecular flexibility index (Phi) is 5.76. The molecule has 0 atom stereocenters. The fourth-order valence-electron chi connectivity index (χ4n) is 2.59. The number of nitrogens with one attached hydrogen (secondary N) is 1. The molecule has 0 saturated carbocycles. The van der Waals surface area contributed by atoms with Crippen molar-refractivity contribution in [1.29, 1.82) is 0 Å². The first-order valence-corrected chi connectivity index (χ1v) is 9.44. The van der Waals surface area contributed by atoms with E-state index in [1.165, 1.54) is 4.57 Å². The van der Waals surface area contributed by atoms with Crippen LogP contribution in [0.2, 0.25) is 0 Å². The summed E-state index contributed by atoms with van der Waals surface area (Å²) < 4.78 is 8.31. The summed E-state index contributed by atoms with van der Waals surface area (Å²) in [5, 5.41) is 0.490. The Morgan fingerprint density at radius 2 is 1.96 bits per heavy atom. The first-order chi connectivity index (χ1) is 12.9. The Bertz CT molecular complexity index is 1110. The monoisotopic (exact) mass is 447 g/mol. The van der Waals surface area contributed by atoms with Gasteiger partial charge in [-0.1, -0.05) is 15.9 Å². The van der Waals surface area contributed by atoms with E-state index in [4.69, 9.17) is 17.0 Å². The van der Waals surface area contributed by atoms with Crippen LogP contribution in [-0.4, -0.2) is 40.6 Å². The van der Waals surface area contributed by atoms with Crippen molar-refractivity contribution in [2.24, 2.45) is 7.05 Å². The van der Waals surface area contributed by atoms with Crippen LogP contribution < -0.4 is 10.3 Å². The van der Waals surface area contributed by atoms with Crippen molar-refractivity contribution in [3.8, 4) is 5.75 Å². The number of aromatic nitrogens is 2. The summed E-state index contributed by atoms with van der Waals surface area (Å²) in [5.41, 5.74) is 0.838. The number of H-pyrrole nitrogens is 1. The van der Waals surface area contributed by atoms with Gasteiger partial charge in [0.2, 0.25) is 0 Å². The number of likely N-dealkylation sites (N-methyl/N-ethyl adjacent to an activating group) is 1. The molecule has 2 aromatic carbocycles. The van der Waals surface area contributed by atoms with Crippen molar-refractivity contribution in [1.82, 2.24) is 14.5 Å². The minimum absolute atomic E-state index is 0.156. The average Bonchev–Trinajstić information content (AvgIpc) is 2.66. The standard InChI is InChI=1S/C19H18BrN3O3S/c1-22(9-10-26-14-6-4-13(20)5-7-14)17(24)12-3-8-15-16(11-12)21-19(27)23(2)18(15)25/h3-8,11H,9-10H2,1-2H3,(H,21,27). The lowest BCUT2D eigenvalue weighted by molar-refractivity contribution is 0.0774. The molecule has 0 radical (unpaired) electrons. The van der Waals surface area contributed by atoms with Gasteiger partial charge in [-0.3, -0.25) is 14.2 Å². The van der Waals surface area contributed by atoms with Crippen molar-refractivity contribution in [2.45, 2.75) is 0 Å². The third-order valence-electron chi connectivity index (χ3n) is 4.20. The number of aromatic amines is 1. The second-order valence-corrected chi connectivity index (χ2v) is 7.39. The zero-order valence-electron chi connectivity index (χ0n) is 14.9. The maximum atomic E-state index is 12.7. The molecule has 0 aliphatic carbocycles. The van der Waals surface area contributed by atoms with Gasteiger partial charge in [0, 0.05) is 24.1 Å². The number of fused-ring (bicyclic) bond motifs is 1. The Balaban J connectivity index is 1.71. The summed E-state index contributed by atoms with van der Waals surface area (Å²) in [5.74, 6) is 0.587. The van der Waals surface area contributed by atoms with Crippen LogP contribution in [0.1, 0.15) is 10.4 Å². The Morgan fingerprint density at radius 1 is 1.26 bits per heavy atom. The van der Waals surface area contributed by atoms with Crippen LogP contribution in [0.5, 0.6) is 5.75 Å². The first-order valence-electron chi connectivity index (χ1n) is 8.24. The molecule has 0 aliphatic heterocycles. The summed E-state index contributed by atoms with van der Waals surface area (Å²) in [6.07, 6.45) is 0. The smallest absolute Gasteiger partial charge is 0.261 e. The van der Waals surface area contributed by atoms with E-state index >= 15 is 0 Å². The summed E-state index contributed by atoms with van der Waals surface area (Å²) >= 11 is 8.51. The van der Waals surface area contributed by atoms with Crippen molar-refractivity contribution in [2.75, 3.05) is 20.2 Å². The van der Waals surface area contributed by atoms with Gasteiger partial charge in [0.05, 0.1) is 17.4 Å².